The molecule has 5 heteroatoms. The number of rotatable bonds is 6. The predicted molar refractivity (Wildman–Crippen MR) is 104 cm³/mol. The van der Waals surface area contributed by atoms with Gasteiger partial charge < -0.3 is 16.0 Å². The molecule has 26 heavy (non-hydrogen) atoms. The van der Waals surface area contributed by atoms with E-state index in [9.17, 15) is 9.59 Å². The molecule has 2 aromatic carbocycles. The number of nitrogens with one attached hydrogen (secondary N) is 3. The zero-order chi connectivity index (χ0) is 18.4. The summed E-state index contributed by atoms with van der Waals surface area (Å²) >= 11 is 0. The van der Waals surface area contributed by atoms with Crippen molar-refractivity contribution in [2.75, 3.05) is 23.7 Å². The second-order valence-corrected chi connectivity index (χ2v) is 6.74. The molecule has 136 valence electrons. The topological polar surface area (TPSA) is 70.2 Å². The van der Waals surface area contributed by atoms with Crippen LogP contribution in [0.5, 0.6) is 0 Å². The van der Waals surface area contributed by atoms with E-state index in [0.29, 0.717) is 23.6 Å². The number of carbonyl (C=O) groups is 2. The maximum atomic E-state index is 12.5. The monoisotopic (exact) mass is 351 g/mol. The first kappa shape index (κ1) is 18.1. The van der Waals surface area contributed by atoms with E-state index in [-0.39, 0.29) is 11.8 Å². The average Bonchev–Trinajstić information content (AvgIpc) is 3.16. The van der Waals surface area contributed by atoms with Gasteiger partial charge in [0.25, 0.3) is 5.91 Å². The van der Waals surface area contributed by atoms with Crippen LogP contribution in [0.25, 0.3) is 0 Å². The molecule has 1 aliphatic rings. The van der Waals surface area contributed by atoms with E-state index in [1.807, 2.05) is 43.3 Å². The van der Waals surface area contributed by atoms with Gasteiger partial charge in [0.05, 0.1) is 0 Å². The van der Waals surface area contributed by atoms with Gasteiger partial charge in [-0.15, -0.1) is 0 Å². The maximum absolute atomic E-state index is 12.5. The van der Waals surface area contributed by atoms with Crippen molar-refractivity contribution in [3.63, 3.8) is 0 Å². The Morgan fingerprint density at radius 1 is 1.08 bits per heavy atom. The summed E-state index contributed by atoms with van der Waals surface area (Å²) in [4.78, 5) is 24.8. The van der Waals surface area contributed by atoms with Gasteiger partial charge in [0, 0.05) is 23.4 Å². The average molecular weight is 351 g/mol. The fourth-order valence-corrected chi connectivity index (χ4v) is 3.25. The van der Waals surface area contributed by atoms with Crippen LogP contribution in [-0.2, 0) is 4.79 Å². The first-order valence-corrected chi connectivity index (χ1v) is 9.10. The van der Waals surface area contributed by atoms with Crippen molar-refractivity contribution in [3.8, 4) is 0 Å². The van der Waals surface area contributed by atoms with Gasteiger partial charge >= 0.3 is 0 Å². The first-order chi connectivity index (χ1) is 12.6. The van der Waals surface area contributed by atoms with Crippen LogP contribution >= 0.6 is 0 Å². The summed E-state index contributed by atoms with van der Waals surface area (Å²) in [5.74, 6) is 0.410. The Morgan fingerprint density at radius 3 is 2.62 bits per heavy atom. The third-order valence-corrected chi connectivity index (χ3v) is 4.83. The number of hydrogen-bond acceptors (Lipinski definition) is 3. The smallest absolute Gasteiger partial charge is 0.256 e. The van der Waals surface area contributed by atoms with Crippen LogP contribution in [0.1, 0.15) is 35.2 Å². The Labute approximate surface area is 154 Å². The zero-order valence-electron chi connectivity index (χ0n) is 15.0. The SMILES string of the molecule is Cc1c(NC(=O)CCC2CCNC2)cccc1C(=O)Nc1ccccc1. The van der Waals surface area contributed by atoms with E-state index in [1.165, 1.54) is 0 Å². The van der Waals surface area contributed by atoms with Gasteiger partial charge in [-0.3, -0.25) is 9.59 Å². The van der Waals surface area contributed by atoms with Gasteiger partial charge in [-0.1, -0.05) is 24.3 Å². The van der Waals surface area contributed by atoms with Gasteiger partial charge in [0.1, 0.15) is 0 Å². The van der Waals surface area contributed by atoms with Gasteiger partial charge in [-0.2, -0.15) is 0 Å². The van der Waals surface area contributed by atoms with Crippen LogP contribution in [0, 0.1) is 12.8 Å². The van der Waals surface area contributed by atoms with Gasteiger partial charge in [-0.05, 0) is 68.6 Å². The molecule has 5 nitrogen and oxygen atoms in total. The molecule has 0 saturated carbocycles. The van der Waals surface area contributed by atoms with Gasteiger partial charge in [0.15, 0.2) is 0 Å². The molecule has 3 N–H and O–H groups in total. The highest BCUT2D eigenvalue weighted by Gasteiger charge is 2.17. The van der Waals surface area contributed by atoms with E-state index in [1.54, 1.807) is 12.1 Å². The summed E-state index contributed by atoms with van der Waals surface area (Å²) in [5.41, 5.74) is 2.78. The zero-order valence-corrected chi connectivity index (χ0v) is 15.0. The van der Waals surface area contributed by atoms with Crippen LogP contribution in [0.3, 0.4) is 0 Å². The summed E-state index contributed by atoms with van der Waals surface area (Å²) < 4.78 is 0. The van der Waals surface area contributed by atoms with E-state index in [2.05, 4.69) is 16.0 Å². The van der Waals surface area contributed by atoms with Crippen LogP contribution < -0.4 is 16.0 Å². The van der Waals surface area contributed by atoms with Gasteiger partial charge in [-0.25, -0.2) is 0 Å². The van der Waals surface area contributed by atoms with Crippen LogP contribution in [0.2, 0.25) is 0 Å². The molecule has 0 radical (unpaired) electrons. The highest BCUT2D eigenvalue weighted by Crippen LogP contribution is 2.21. The lowest BCUT2D eigenvalue weighted by Gasteiger charge is -2.13. The number of hydrogen-bond donors (Lipinski definition) is 3. The summed E-state index contributed by atoms with van der Waals surface area (Å²) in [6, 6.07) is 14.7. The van der Waals surface area contributed by atoms with Crippen molar-refractivity contribution in [1.29, 1.82) is 0 Å². The first-order valence-electron chi connectivity index (χ1n) is 9.10. The molecule has 0 aliphatic carbocycles. The summed E-state index contributed by atoms with van der Waals surface area (Å²) in [6.07, 6.45) is 2.54. The molecule has 0 spiro atoms. The maximum Gasteiger partial charge on any atom is 0.256 e. The molecule has 2 amide bonds. The van der Waals surface area contributed by atoms with Crippen LogP contribution in [0.15, 0.2) is 48.5 Å². The Morgan fingerprint density at radius 2 is 1.88 bits per heavy atom. The second-order valence-electron chi connectivity index (χ2n) is 6.74. The Balaban J connectivity index is 1.62. The fraction of sp³-hybridized carbons (Fsp3) is 0.333. The molecular weight excluding hydrogens is 326 g/mol. The van der Waals surface area contributed by atoms with E-state index in [4.69, 9.17) is 0 Å². The van der Waals surface area contributed by atoms with Crippen LogP contribution in [-0.4, -0.2) is 24.9 Å². The third-order valence-electron chi connectivity index (χ3n) is 4.83. The normalized spacial score (nSPS) is 16.3. The molecule has 1 atom stereocenters. The number of benzene rings is 2. The highest BCUT2D eigenvalue weighted by molar-refractivity contribution is 6.06. The minimum Gasteiger partial charge on any atom is -0.326 e. The summed E-state index contributed by atoms with van der Waals surface area (Å²) in [7, 11) is 0. The van der Waals surface area contributed by atoms with Crippen molar-refractivity contribution in [2.24, 2.45) is 5.92 Å². The highest BCUT2D eigenvalue weighted by atomic mass is 16.2. The lowest BCUT2D eigenvalue weighted by atomic mass is 10.0. The molecule has 0 aromatic heterocycles. The summed E-state index contributed by atoms with van der Waals surface area (Å²) in [5, 5.41) is 9.16. The quantitative estimate of drug-likeness (QED) is 0.745. The van der Waals surface area contributed by atoms with E-state index in [0.717, 1.165) is 37.2 Å². The Kier molecular flexibility index (Phi) is 6.02. The number of para-hydroxylation sites is 1. The third kappa shape index (κ3) is 4.70. The molecule has 3 rings (SSSR count). The number of carbonyl (C=O) groups excluding carboxylic acids is 2. The van der Waals surface area contributed by atoms with Crippen molar-refractivity contribution >= 4 is 23.2 Å². The van der Waals surface area contributed by atoms with Crippen molar-refractivity contribution in [1.82, 2.24) is 5.32 Å². The molecule has 1 saturated heterocycles. The minimum absolute atomic E-state index is 0.000572. The minimum atomic E-state index is -0.179. The fourth-order valence-electron chi connectivity index (χ4n) is 3.25. The molecule has 0 bridgehead atoms. The molecule has 1 unspecified atom stereocenters. The molecule has 1 heterocycles. The van der Waals surface area contributed by atoms with Crippen molar-refractivity contribution in [2.45, 2.75) is 26.2 Å². The lowest BCUT2D eigenvalue weighted by Crippen LogP contribution is -2.17. The summed E-state index contributed by atoms with van der Waals surface area (Å²) in [6.45, 7) is 3.90. The van der Waals surface area contributed by atoms with Crippen molar-refractivity contribution in [3.05, 3.63) is 59.7 Å². The molecule has 1 fully saturated rings. The second kappa shape index (κ2) is 8.63. The van der Waals surface area contributed by atoms with Gasteiger partial charge in [0.2, 0.25) is 5.91 Å². The Bertz CT molecular complexity index is 768. The molecule has 1 aliphatic heterocycles. The van der Waals surface area contributed by atoms with E-state index < -0.39 is 0 Å². The van der Waals surface area contributed by atoms with Crippen LogP contribution in [0.4, 0.5) is 11.4 Å². The standard InChI is InChI=1S/C21H25N3O2/c1-15-18(21(26)23-17-6-3-2-4-7-17)8-5-9-19(15)24-20(25)11-10-16-12-13-22-14-16/h2-9,16,22H,10-14H2,1H3,(H,23,26)(H,24,25). The molecule has 2 aromatic rings. The number of anilines is 2. The van der Waals surface area contributed by atoms with Crippen molar-refractivity contribution < 1.29 is 9.59 Å². The largest absolute Gasteiger partial charge is 0.326 e. The predicted octanol–water partition coefficient (Wildman–Crippen LogP) is 3.58. The molecular formula is C21H25N3O2. The number of amides is 2. The van der Waals surface area contributed by atoms with E-state index >= 15 is 0 Å². The lowest BCUT2D eigenvalue weighted by molar-refractivity contribution is -0.116. The Hall–Kier alpha value is -2.66.